The SMILES string of the molecule is O=C(Nc1ccc(Oc2ccccc2)cc1)N[C@@H](Cc1ccccc1)C(=O)[O-]. The number of aliphatic carboxylic acids is 1. The summed E-state index contributed by atoms with van der Waals surface area (Å²) in [7, 11) is 0. The van der Waals surface area contributed by atoms with Crippen LogP contribution in [0.4, 0.5) is 10.5 Å². The summed E-state index contributed by atoms with van der Waals surface area (Å²) in [5.41, 5.74) is 1.30. The molecule has 0 radical (unpaired) electrons. The van der Waals surface area contributed by atoms with E-state index in [9.17, 15) is 14.7 Å². The predicted octanol–water partition coefficient (Wildman–Crippen LogP) is 2.96. The number of para-hydroxylation sites is 1. The quantitative estimate of drug-likeness (QED) is 0.664. The van der Waals surface area contributed by atoms with Crippen LogP contribution < -0.4 is 20.5 Å². The molecule has 0 aromatic heterocycles. The molecule has 0 aliphatic rings. The third-order valence-corrected chi connectivity index (χ3v) is 3.96. The number of carboxylic acid groups (broad SMARTS) is 1. The van der Waals surface area contributed by atoms with Crippen LogP contribution in [0, 0.1) is 0 Å². The molecule has 3 rings (SSSR count). The van der Waals surface area contributed by atoms with Crippen molar-refractivity contribution in [2.75, 3.05) is 5.32 Å². The van der Waals surface area contributed by atoms with Crippen molar-refractivity contribution in [3.8, 4) is 11.5 Å². The second-order valence-corrected chi connectivity index (χ2v) is 6.10. The Hall–Kier alpha value is -3.80. The number of anilines is 1. The Balaban J connectivity index is 1.56. The second kappa shape index (κ2) is 9.23. The summed E-state index contributed by atoms with van der Waals surface area (Å²) in [5.74, 6) is -0.0156. The molecule has 2 N–H and O–H groups in total. The molecule has 0 heterocycles. The Morgan fingerprint density at radius 1 is 0.821 bits per heavy atom. The van der Waals surface area contributed by atoms with Gasteiger partial charge < -0.3 is 25.3 Å². The number of benzene rings is 3. The molecule has 0 unspecified atom stereocenters. The number of carbonyl (C=O) groups excluding carboxylic acids is 2. The van der Waals surface area contributed by atoms with Crippen LogP contribution in [0.1, 0.15) is 5.56 Å². The van der Waals surface area contributed by atoms with Crippen LogP contribution in [-0.4, -0.2) is 18.0 Å². The number of amides is 2. The van der Waals surface area contributed by atoms with Gasteiger partial charge in [-0.2, -0.15) is 0 Å². The standard InChI is InChI=1S/C22H20N2O4/c25-21(26)20(15-16-7-3-1-4-8-16)24-22(27)23-17-11-13-19(14-12-17)28-18-9-5-2-6-10-18/h1-14,20H,15H2,(H,25,26)(H2,23,24,27)/p-1/t20-/m0/s1. The number of urea groups is 1. The molecular formula is C22H19N2O4-. The molecule has 0 saturated carbocycles. The lowest BCUT2D eigenvalue weighted by Crippen LogP contribution is -2.50. The van der Waals surface area contributed by atoms with Gasteiger partial charge in [0.15, 0.2) is 0 Å². The smallest absolute Gasteiger partial charge is 0.319 e. The van der Waals surface area contributed by atoms with Gasteiger partial charge in [-0.1, -0.05) is 48.5 Å². The van der Waals surface area contributed by atoms with Crippen LogP contribution in [0.15, 0.2) is 84.9 Å². The van der Waals surface area contributed by atoms with Gasteiger partial charge in [-0.05, 0) is 48.4 Å². The molecule has 6 nitrogen and oxygen atoms in total. The van der Waals surface area contributed by atoms with Gasteiger partial charge in [0.1, 0.15) is 11.5 Å². The molecule has 6 heteroatoms. The van der Waals surface area contributed by atoms with E-state index in [4.69, 9.17) is 4.74 Å². The fraction of sp³-hybridized carbons (Fsp3) is 0.0909. The van der Waals surface area contributed by atoms with E-state index >= 15 is 0 Å². The lowest BCUT2D eigenvalue weighted by molar-refractivity contribution is -0.308. The first-order valence-electron chi connectivity index (χ1n) is 8.75. The molecule has 0 fully saturated rings. The van der Waals surface area contributed by atoms with Gasteiger partial charge in [-0.15, -0.1) is 0 Å². The van der Waals surface area contributed by atoms with Crippen molar-refractivity contribution < 1.29 is 19.4 Å². The van der Waals surface area contributed by atoms with Crippen molar-refractivity contribution >= 4 is 17.7 Å². The van der Waals surface area contributed by atoms with Crippen molar-refractivity contribution in [3.63, 3.8) is 0 Å². The molecular weight excluding hydrogens is 356 g/mol. The van der Waals surface area contributed by atoms with Gasteiger partial charge >= 0.3 is 6.03 Å². The number of rotatable bonds is 7. The second-order valence-electron chi connectivity index (χ2n) is 6.10. The predicted molar refractivity (Wildman–Crippen MR) is 104 cm³/mol. The van der Waals surface area contributed by atoms with Gasteiger partial charge in [0.2, 0.25) is 0 Å². The fourth-order valence-corrected chi connectivity index (χ4v) is 2.60. The molecule has 28 heavy (non-hydrogen) atoms. The zero-order valence-corrected chi connectivity index (χ0v) is 15.0. The summed E-state index contributed by atoms with van der Waals surface area (Å²) >= 11 is 0. The molecule has 0 spiro atoms. The molecule has 0 aliphatic heterocycles. The number of hydrogen-bond donors (Lipinski definition) is 2. The number of hydrogen-bond acceptors (Lipinski definition) is 4. The maximum Gasteiger partial charge on any atom is 0.319 e. The van der Waals surface area contributed by atoms with Crippen LogP contribution >= 0.6 is 0 Å². The Morgan fingerprint density at radius 2 is 1.39 bits per heavy atom. The molecule has 1 atom stereocenters. The molecule has 3 aromatic carbocycles. The lowest BCUT2D eigenvalue weighted by atomic mass is 10.1. The minimum absolute atomic E-state index is 0.139. The fourth-order valence-electron chi connectivity index (χ4n) is 2.60. The summed E-state index contributed by atoms with van der Waals surface area (Å²) < 4.78 is 5.69. The van der Waals surface area contributed by atoms with Crippen molar-refractivity contribution in [2.24, 2.45) is 0 Å². The van der Waals surface area contributed by atoms with E-state index in [1.807, 2.05) is 36.4 Å². The Kier molecular flexibility index (Phi) is 6.25. The number of carboxylic acids is 1. The average molecular weight is 375 g/mol. The van der Waals surface area contributed by atoms with E-state index in [-0.39, 0.29) is 6.42 Å². The maximum atomic E-state index is 12.1. The topological polar surface area (TPSA) is 90.5 Å². The average Bonchev–Trinajstić information content (AvgIpc) is 2.70. The molecule has 142 valence electrons. The van der Waals surface area contributed by atoms with Crippen LogP contribution in [0.25, 0.3) is 0 Å². The largest absolute Gasteiger partial charge is 0.548 e. The van der Waals surface area contributed by atoms with E-state index < -0.39 is 18.0 Å². The summed E-state index contributed by atoms with van der Waals surface area (Å²) in [6, 6.07) is 23.4. The highest BCUT2D eigenvalue weighted by Crippen LogP contribution is 2.22. The minimum Gasteiger partial charge on any atom is -0.548 e. The van der Waals surface area contributed by atoms with Crippen LogP contribution in [0.3, 0.4) is 0 Å². The molecule has 3 aromatic rings. The van der Waals surface area contributed by atoms with E-state index in [2.05, 4.69) is 10.6 Å². The first-order valence-corrected chi connectivity index (χ1v) is 8.75. The van der Waals surface area contributed by atoms with E-state index in [1.54, 1.807) is 48.5 Å². The third-order valence-electron chi connectivity index (χ3n) is 3.96. The van der Waals surface area contributed by atoms with E-state index in [1.165, 1.54) is 0 Å². The zero-order valence-electron chi connectivity index (χ0n) is 15.0. The first-order chi connectivity index (χ1) is 13.6. The van der Waals surface area contributed by atoms with Crippen molar-refractivity contribution in [1.82, 2.24) is 5.32 Å². The van der Waals surface area contributed by atoms with Gasteiger partial charge in [0.05, 0.1) is 12.0 Å². The minimum atomic E-state index is -1.34. The molecule has 0 saturated heterocycles. The molecule has 2 amide bonds. The Bertz CT molecular complexity index is 912. The number of ether oxygens (including phenoxy) is 1. The van der Waals surface area contributed by atoms with Gasteiger partial charge in [0.25, 0.3) is 0 Å². The summed E-state index contributed by atoms with van der Waals surface area (Å²) in [6.07, 6.45) is 0.139. The highest BCUT2D eigenvalue weighted by Gasteiger charge is 2.14. The lowest BCUT2D eigenvalue weighted by Gasteiger charge is -2.20. The zero-order chi connectivity index (χ0) is 19.8. The number of nitrogens with one attached hydrogen (secondary N) is 2. The van der Waals surface area contributed by atoms with Crippen LogP contribution in [0.2, 0.25) is 0 Å². The number of carbonyl (C=O) groups is 2. The van der Waals surface area contributed by atoms with Gasteiger partial charge in [-0.3, -0.25) is 0 Å². The van der Waals surface area contributed by atoms with E-state index in [0.717, 1.165) is 5.56 Å². The highest BCUT2D eigenvalue weighted by atomic mass is 16.5. The monoisotopic (exact) mass is 375 g/mol. The highest BCUT2D eigenvalue weighted by molar-refractivity contribution is 5.92. The summed E-state index contributed by atoms with van der Waals surface area (Å²) in [4.78, 5) is 23.5. The first kappa shape index (κ1) is 19.0. The molecule has 0 aliphatic carbocycles. The van der Waals surface area contributed by atoms with Crippen molar-refractivity contribution in [1.29, 1.82) is 0 Å². The third kappa shape index (κ3) is 5.60. The van der Waals surface area contributed by atoms with Crippen molar-refractivity contribution in [2.45, 2.75) is 12.5 Å². The Morgan fingerprint density at radius 3 is 2.00 bits per heavy atom. The molecule has 0 bridgehead atoms. The normalized spacial score (nSPS) is 11.3. The summed E-state index contributed by atoms with van der Waals surface area (Å²) in [5, 5.41) is 16.4. The maximum absolute atomic E-state index is 12.1. The van der Waals surface area contributed by atoms with Gasteiger partial charge in [-0.25, -0.2) is 4.79 Å². The summed E-state index contributed by atoms with van der Waals surface area (Å²) in [6.45, 7) is 0. The van der Waals surface area contributed by atoms with Gasteiger partial charge in [0, 0.05) is 5.69 Å². The van der Waals surface area contributed by atoms with E-state index in [0.29, 0.717) is 17.2 Å². The van der Waals surface area contributed by atoms with Crippen LogP contribution in [-0.2, 0) is 11.2 Å². The Labute approximate surface area is 162 Å². The van der Waals surface area contributed by atoms with Crippen molar-refractivity contribution in [3.05, 3.63) is 90.5 Å². The van der Waals surface area contributed by atoms with Crippen LogP contribution in [0.5, 0.6) is 11.5 Å².